The van der Waals surface area contributed by atoms with Gasteiger partial charge in [0.25, 0.3) is 0 Å². The third-order valence-corrected chi connectivity index (χ3v) is 3.73. The first kappa shape index (κ1) is 9.46. The second-order valence-corrected chi connectivity index (χ2v) is 5.07. The third kappa shape index (κ3) is 1.89. The average molecular weight is 218 g/mol. The smallest absolute Gasteiger partial charge is 0.112 e. The Balaban J connectivity index is 2.22. The fourth-order valence-electron chi connectivity index (χ4n) is 1.48. The van der Waals surface area contributed by atoms with Crippen LogP contribution >= 0.6 is 22.9 Å². The van der Waals surface area contributed by atoms with E-state index in [1.807, 2.05) is 12.1 Å². The number of halogens is 1. The zero-order valence-electron chi connectivity index (χ0n) is 7.47. The van der Waals surface area contributed by atoms with E-state index in [0.29, 0.717) is 0 Å². The first-order valence-electron chi connectivity index (χ1n) is 4.31. The molecule has 0 amide bonds. The number of thiophene rings is 1. The maximum absolute atomic E-state index is 5.88. The van der Waals surface area contributed by atoms with Crippen LogP contribution in [-0.4, -0.2) is 19.7 Å². The molecule has 1 atom stereocenters. The van der Waals surface area contributed by atoms with Gasteiger partial charge in [-0.1, -0.05) is 11.6 Å². The van der Waals surface area contributed by atoms with Gasteiger partial charge in [0, 0.05) is 18.0 Å². The average Bonchev–Trinajstić information content (AvgIpc) is 2.54. The number of morpholine rings is 1. The molecule has 1 saturated heterocycles. The van der Waals surface area contributed by atoms with Crippen molar-refractivity contribution in [2.24, 2.45) is 0 Å². The van der Waals surface area contributed by atoms with Gasteiger partial charge in [0.2, 0.25) is 0 Å². The molecule has 0 aromatic carbocycles. The number of hydrogen-bond donors (Lipinski definition) is 1. The van der Waals surface area contributed by atoms with Crippen LogP contribution in [0, 0.1) is 0 Å². The molecule has 2 rings (SSSR count). The summed E-state index contributed by atoms with van der Waals surface area (Å²) in [5.41, 5.74) is -0.184. The predicted molar refractivity (Wildman–Crippen MR) is 55.5 cm³/mol. The van der Waals surface area contributed by atoms with E-state index < -0.39 is 0 Å². The van der Waals surface area contributed by atoms with Gasteiger partial charge in [-0.3, -0.25) is 0 Å². The van der Waals surface area contributed by atoms with Crippen molar-refractivity contribution in [3.8, 4) is 0 Å². The van der Waals surface area contributed by atoms with Crippen molar-refractivity contribution in [1.82, 2.24) is 5.32 Å². The molecule has 0 bridgehead atoms. The Morgan fingerprint density at radius 3 is 3.00 bits per heavy atom. The van der Waals surface area contributed by atoms with Gasteiger partial charge in [-0.05, 0) is 19.1 Å². The van der Waals surface area contributed by atoms with Gasteiger partial charge in [0.05, 0.1) is 10.9 Å². The zero-order chi connectivity index (χ0) is 9.31. The third-order valence-electron chi connectivity index (χ3n) is 2.26. The normalized spacial score (nSPS) is 29.1. The standard InChI is InChI=1S/C9H12ClNOS/c1-9(6-11-4-5-12-9)7-2-3-8(10)13-7/h2-3,11H,4-6H2,1H3. The van der Waals surface area contributed by atoms with Crippen molar-refractivity contribution in [2.45, 2.75) is 12.5 Å². The fraction of sp³-hybridized carbons (Fsp3) is 0.556. The predicted octanol–water partition coefficient (Wildman–Crippen LogP) is 2.24. The van der Waals surface area contributed by atoms with E-state index in [1.54, 1.807) is 11.3 Å². The number of ether oxygens (including phenoxy) is 1. The Morgan fingerprint density at radius 2 is 2.46 bits per heavy atom. The van der Waals surface area contributed by atoms with E-state index in [0.717, 1.165) is 24.0 Å². The van der Waals surface area contributed by atoms with E-state index in [2.05, 4.69) is 12.2 Å². The lowest BCUT2D eigenvalue weighted by Crippen LogP contribution is -2.44. The first-order valence-corrected chi connectivity index (χ1v) is 5.51. The van der Waals surface area contributed by atoms with Crippen LogP contribution in [0.15, 0.2) is 12.1 Å². The molecule has 0 aliphatic carbocycles. The Hall–Kier alpha value is -0.0900. The molecule has 1 aliphatic rings. The molecule has 72 valence electrons. The minimum atomic E-state index is -0.184. The summed E-state index contributed by atoms with van der Waals surface area (Å²) in [7, 11) is 0. The van der Waals surface area contributed by atoms with Crippen LogP contribution in [0.25, 0.3) is 0 Å². The van der Waals surface area contributed by atoms with Crippen molar-refractivity contribution < 1.29 is 4.74 Å². The van der Waals surface area contributed by atoms with Crippen LogP contribution in [-0.2, 0) is 10.3 Å². The van der Waals surface area contributed by atoms with Crippen LogP contribution in [0.4, 0.5) is 0 Å². The Bertz CT molecular complexity index is 294. The highest BCUT2D eigenvalue weighted by molar-refractivity contribution is 7.16. The highest BCUT2D eigenvalue weighted by Gasteiger charge is 2.31. The van der Waals surface area contributed by atoms with E-state index in [-0.39, 0.29) is 5.60 Å². The minimum Gasteiger partial charge on any atom is -0.367 e. The molecule has 1 fully saturated rings. The van der Waals surface area contributed by atoms with Gasteiger partial charge < -0.3 is 10.1 Å². The first-order chi connectivity index (χ1) is 6.21. The van der Waals surface area contributed by atoms with E-state index in [1.165, 1.54) is 4.88 Å². The Labute approximate surface area is 86.9 Å². The number of hydrogen-bond acceptors (Lipinski definition) is 3. The second-order valence-electron chi connectivity index (χ2n) is 3.36. The van der Waals surface area contributed by atoms with Crippen molar-refractivity contribution in [1.29, 1.82) is 0 Å². The van der Waals surface area contributed by atoms with E-state index in [9.17, 15) is 0 Å². The maximum atomic E-state index is 5.88. The summed E-state index contributed by atoms with van der Waals surface area (Å²) in [4.78, 5) is 1.20. The molecule has 1 N–H and O–H groups in total. The molecule has 4 heteroatoms. The summed E-state index contributed by atoms with van der Waals surface area (Å²) < 4.78 is 6.58. The highest BCUT2D eigenvalue weighted by atomic mass is 35.5. The molecular formula is C9H12ClNOS. The Kier molecular flexibility index (Phi) is 2.60. The van der Waals surface area contributed by atoms with Crippen LogP contribution < -0.4 is 5.32 Å². The van der Waals surface area contributed by atoms with Crippen LogP contribution in [0.5, 0.6) is 0 Å². The van der Waals surface area contributed by atoms with Crippen molar-refractivity contribution in [3.05, 3.63) is 21.3 Å². The summed E-state index contributed by atoms with van der Waals surface area (Å²) in [5.74, 6) is 0. The summed E-state index contributed by atoms with van der Waals surface area (Å²) in [6.45, 7) is 4.67. The second kappa shape index (κ2) is 3.58. The molecule has 1 aromatic heterocycles. The fourth-order valence-corrected chi connectivity index (χ4v) is 2.62. The van der Waals surface area contributed by atoms with Gasteiger partial charge in [-0.15, -0.1) is 11.3 Å². The summed E-state index contributed by atoms with van der Waals surface area (Å²) in [5, 5.41) is 3.32. The molecule has 1 unspecified atom stereocenters. The molecule has 0 spiro atoms. The van der Waals surface area contributed by atoms with Crippen molar-refractivity contribution in [3.63, 3.8) is 0 Å². The summed E-state index contributed by atoms with van der Waals surface area (Å²) in [6, 6.07) is 3.96. The highest BCUT2D eigenvalue weighted by Crippen LogP contribution is 2.34. The summed E-state index contributed by atoms with van der Waals surface area (Å²) in [6.07, 6.45) is 0. The molecule has 13 heavy (non-hydrogen) atoms. The lowest BCUT2D eigenvalue weighted by molar-refractivity contribution is -0.0546. The molecular weight excluding hydrogens is 206 g/mol. The molecule has 2 nitrogen and oxygen atoms in total. The van der Waals surface area contributed by atoms with Crippen molar-refractivity contribution in [2.75, 3.05) is 19.7 Å². The molecule has 1 aromatic rings. The monoisotopic (exact) mass is 217 g/mol. The zero-order valence-corrected chi connectivity index (χ0v) is 9.04. The van der Waals surface area contributed by atoms with E-state index >= 15 is 0 Å². The van der Waals surface area contributed by atoms with Crippen LogP contribution in [0.3, 0.4) is 0 Å². The van der Waals surface area contributed by atoms with Crippen molar-refractivity contribution >= 4 is 22.9 Å². The molecule has 2 heterocycles. The van der Waals surface area contributed by atoms with E-state index in [4.69, 9.17) is 16.3 Å². The lowest BCUT2D eigenvalue weighted by atomic mass is 10.0. The van der Waals surface area contributed by atoms with Crippen LogP contribution in [0.2, 0.25) is 4.34 Å². The largest absolute Gasteiger partial charge is 0.367 e. The van der Waals surface area contributed by atoms with Gasteiger partial charge in [-0.25, -0.2) is 0 Å². The topological polar surface area (TPSA) is 21.3 Å². The number of rotatable bonds is 1. The Morgan fingerprint density at radius 1 is 1.62 bits per heavy atom. The maximum Gasteiger partial charge on any atom is 0.112 e. The van der Waals surface area contributed by atoms with Gasteiger partial charge in [-0.2, -0.15) is 0 Å². The quantitative estimate of drug-likeness (QED) is 0.779. The summed E-state index contributed by atoms with van der Waals surface area (Å²) >= 11 is 7.48. The number of nitrogens with one attached hydrogen (secondary N) is 1. The minimum absolute atomic E-state index is 0.184. The molecule has 1 aliphatic heterocycles. The SMILES string of the molecule is CC1(c2ccc(Cl)s2)CNCCO1. The molecule has 0 radical (unpaired) electrons. The van der Waals surface area contributed by atoms with Gasteiger partial charge in [0.15, 0.2) is 0 Å². The van der Waals surface area contributed by atoms with Crippen LogP contribution in [0.1, 0.15) is 11.8 Å². The van der Waals surface area contributed by atoms with Gasteiger partial charge >= 0.3 is 0 Å². The molecule has 0 saturated carbocycles. The lowest BCUT2D eigenvalue weighted by Gasteiger charge is -2.33. The van der Waals surface area contributed by atoms with Gasteiger partial charge in [0.1, 0.15) is 5.60 Å².